The summed E-state index contributed by atoms with van der Waals surface area (Å²) in [6.45, 7) is 1.05. The van der Waals surface area contributed by atoms with Gasteiger partial charge in [-0.15, -0.1) is 0 Å². The number of nitriles is 1. The van der Waals surface area contributed by atoms with Gasteiger partial charge >= 0.3 is 0 Å². The maximum Gasteiger partial charge on any atom is 0.142 e. The number of ether oxygens (including phenoxy) is 1. The largest absolute Gasteiger partial charge is 0.374 e. The summed E-state index contributed by atoms with van der Waals surface area (Å²) in [7, 11) is 0. The van der Waals surface area contributed by atoms with Gasteiger partial charge in [0.25, 0.3) is 0 Å². The van der Waals surface area contributed by atoms with Gasteiger partial charge in [0.1, 0.15) is 17.6 Å². The molecule has 0 radical (unpaired) electrons. The fraction of sp³-hybridized carbons (Fsp3) is 0.143. The molecule has 3 aromatic rings. The first-order chi connectivity index (χ1) is 12.3. The Morgan fingerprint density at radius 1 is 0.920 bits per heavy atom. The molecule has 0 saturated carbocycles. The predicted octanol–water partition coefficient (Wildman–Crippen LogP) is 4.32. The summed E-state index contributed by atoms with van der Waals surface area (Å²) in [6, 6.07) is 27.6. The van der Waals surface area contributed by atoms with E-state index in [1.165, 1.54) is 0 Å². The van der Waals surface area contributed by atoms with Gasteiger partial charge in [-0.05, 0) is 23.3 Å². The quantitative estimate of drug-likeness (QED) is 0.701. The lowest BCUT2D eigenvalue weighted by Gasteiger charge is -2.20. The van der Waals surface area contributed by atoms with E-state index in [2.05, 4.69) is 28.5 Å². The third kappa shape index (κ3) is 4.90. The Morgan fingerprint density at radius 3 is 2.36 bits per heavy atom. The molecule has 25 heavy (non-hydrogen) atoms. The van der Waals surface area contributed by atoms with Crippen LogP contribution in [0.3, 0.4) is 0 Å². The van der Waals surface area contributed by atoms with Gasteiger partial charge in [-0.3, -0.25) is 0 Å². The lowest BCUT2D eigenvalue weighted by Crippen LogP contribution is -2.18. The minimum absolute atomic E-state index is 0.0497. The standard InChI is InChI=1S/C21H19N3O/c22-14-19-12-7-13-21(23-19)24-20(18-10-5-2-6-11-18)16-25-15-17-8-3-1-4-9-17/h1-13,20H,15-16H2,(H,23,24). The van der Waals surface area contributed by atoms with Gasteiger partial charge in [0.05, 0.1) is 19.3 Å². The Balaban J connectivity index is 1.70. The molecular weight excluding hydrogens is 310 g/mol. The van der Waals surface area contributed by atoms with Gasteiger partial charge in [0.15, 0.2) is 0 Å². The van der Waals surface area contributed by atoms with Crippen LogP contribution in [0.15, 0.2) is 78.9 Å². The molecule has 0 bridgehead atoms. The second-order valence-electron chi connectivity index (χ2n) is 5.63. The second-order valence-corrected chi connectivity index (χ2v) is 5.63. The number of nitrogens with one attached hydrogen (secondary N) is 1. The molecule has 0 fully saturated rings. The molecule has 4 nitrogen and oxygen atoms in total. The van der Waals surface area contributed by atoms with Crippen molar-refractivity contribution in [1.82, 2.24) is 4.98 Å². The molecule has 0 aliphatic heterocycles. The Bertz CT molecular complexity index is 829. The Hall–Kier alpha value is -3.16. The minimum atomic E-state index is -0.0497. The molecule has 1 heterocycles. The summed E-state index contributed by atoms with van der Waals surface area (Å²) < 4.78 is 5.91. The topological polar surface area (TPSA) is 57.9 Å². The zero-order valence-corrected chi connectivity index (χ0v) is 13.8. The third-order valence-electron chi connectivity index (χ3n) is 3.78. The summed E-state index contributed by atoms with van der Waals surface area (Å²) >= 11 is 0. The van der Waals surface area contributed by atoms with Crippen LogP contribution in [-0.4, -0.2) is 11.6 Å². The normalized spacial score (nSPS) is 11.5. The molecule has 124 valence electrons. The molecular formula is C21H19N3O. The van der Waals surface area contributed by atoms with E-state index in [-0.39, 0.29) is 6.04 Å². The van der Waals surface area contributed by atoms with Crippen LogP contribution >= 0.6 is 0 Å². The van der Waals surface area contributed by atoms with E-state index < -0.39 is 0 Å². The van der Waals surface area contributed by atoms with E-state index in [1.54, 1.807) is 6.07 Å². The average Bonchev–Trinajstić information content (AvgIpc) is 2.69. The number of anilines is 1. The fourth-order valence-corrected chi connectivity index (χ4v) is 2.53. The van der Waals surface area contributed by atoms with Crippen molar-refractivity contribution < 1.29 is 4.74 Å². The number of nitrogens with zero attached hydrogens (tertiary/aromatic N) is 2. The van der Waals surface area contributed by atoms with E-state index in [4.69, 9.17) is 10.00 Å². The lowest BCUT2D eigenvalue weighted by molar-refractivity contribution is 0.112. The predicted molar refractivity (Wildman–Crippen MR) is 97.9 cm³/mol. The van der Waals surface area contributed by atoms with Crippen molar-refractivity contribution >= 4 is 5.82 Å². The Kier molecular flexibility index (Phi) is 5.76. The smallest absolute Gasteiger partial charge is 0.142 e. The van der Waals surface area contributed by atoms with Crippen LogP contribution < -0.4 is 5.32 Å². The average molecular weight is 329 g/mol. The Morgan fingerprint density at radius 2 is 1.64 bits per heavy atom. The molecule has 3 rings (SSSR count). The van der Waals surface area contributed by atoms with E-state index in [1.807, 2.05) is 60.7 Å². The molecule has 2 aromatic carbocycles. The first-order valence-corrected chi connectivity index (χ1v) is 8.15. The van der Waals surface area contributed by atoms with Crippen LogP contribution in [-0.2, 0) is 11.3 Å². The van der Waals surface area contributed by atoms with Gasteiger partial charge in [0, 0.05) is 0 Å². The highest BCUT2D eigenvalue weighted by Crippen LogP contribution is 2.19. The van der Waals surface area contributed by atoms with Gasteiger partial charge in [0.2, 0.25) is 0 Å². The molecule has 1 aromatic heterocycles. The maximum atomic E-state index is 9.02. The zero-order valence-electron chi connectivity index (χ0n) is 13.8. The highest BCUT2D eigenvalue weighted by atomic mass is 16.5. The minimum Gasteiger partial charge on any atom is -0.374 e. The van der Waals surface area contributed by atoms with Crippen LogP contribution in [0.4, 0.5) is 5.82 Å². The molecule has 0 amide bonds. The Labute approximate surface area is 147 Å². The summed E-state index contributed by atoms with van der Waals surface area (Å²) in [5.74, 6) is 0.663. The fourth-order valence-electron chi connectivity index (χ4n) is 2.53. The summed E-state index contributed by atoms with van der Waals surface area (Å²) in [5, 5.41) is 12.4. The molecule has 1 unspecified atom stereocenters. The number of benzene rings is 2. The van der Waals surface area contributed by atoms with E-state index in [0.717, 1.165) is 11.1 Å². The van der Waals surface area contributed by atoms with Gasteiger partial charge in [-0.1, -0.05) is 66.7 Å². The summed E-state index contributed by atoms with van der Waals surface area (Å²) in [4.78, 5) is 4.30. The maximum absolute atomic E-state index is 9.02. The van der Waals surface area contributed by atoms with Crippen molar-refractivity contribution in [3.63, 3.8) is 0 Å². The van der Waals surface area contributed by atoms with E-state index >= 15 is 0 Å². The van der Waals surface area contributed by atoms with Crippen molar-refractivity contribution in [2.45, 2.75) is 12.6 Å². The number of aromatic nitrogens is 1. The zero-order chi connectivity index (χ0) is 17.3. The van der Waals surface area contributed by atoms with Crippen LogP contribution in [0.1, 0.15) is 22.9 Å². The van der Waals surface area contributed by atoms with Gasteiger partial charge < -0.3 is 10.1 Å². The summed E-state index contributed by atoms with van der Waals surface area (Å²) in [5.41, 5.74) is 2.64. The van der Waals surface area contributed by atoms with Crippen LogP contribution in [0.2, 0.25) is 0 Å². The molecule has 0 saturated heterocycles. The number of rotatable bonds is 7. The molecule has 4 heteroatoms. The van der Waals surface area contributed by atoms with Crippen LogP contribution in [0.5, 0.6) is 0 Å². The van der Waals surface area contributed by atoms with Crippen LogP contribution in [0.25, 0.3) is 0 Å². The van der Waals surface area contributed by atoms with E-state index in [0.29, 0.717) is 24.7 Å². The molecule has 0 aliphatic carbocycles. The first-order valence-electron chi connectivity index (χ1n) is 8.15. The molecule has 1 atom stereocenters. The number of pyridine rings is 1. The second kappa shape index (κ2) is 8.62. The number of hydrogen-bond donors (Lipinski definition) is 1. The molecule has 0 aliphatic rings. The summed E-state index contributed by atoms with van der Waals surface area (Å²) in [6.07, 6.45) is 0. The highest BCUT2D eigenvalue weighted by molar-refractivity contribution is 5.41. The van der Waals surface area contributed by atoms with E-state index in [9.17, 15) is 0 Å². The monoisotopic (exact) mass is 329 g/mol. The lowest BCUT2D eigenvalue weighted by atomic mass is 10.1. The first kappa shape index (κ1) is 16.7. The van der Waals surface area contributed by atoms with Crippen molar-refractivity contribution in [2.75, 3.05) is 11.9 Å². The molecule has 1 N–H and O–H groups in total. The van der Waals surface area contributed by atoms with Crippen molar-refractivity contribution in [1.29, 1.82) is 5.26 Å². The van der Waals surface area contributed by atoms with Crippen molar-refractivity contribution in [3.05, 3.63) is 95.7 Å². The van der Waals surface area contributed by atoms with Crippen molar-refractivity contribution in [3.8, 4) is 6.07 Å². The molecule has 0 spiro atoms. The van der Waals surface area contributed by atoms with Crippen LogP contribution in [0, 0.1) is 11.3 Å². The third-order valence-corrected chi connectivity index (χ3v) is 3.78. The van der Waals surface area contributed by atoms with Crippen molar-refractivity contribution in [2.24, 2.45) is 0 Å². The highest BCUT2D eigenvalue weighted by Gasteiger charge is 2.12. The van der Waals surface area contributed by atoms with Gasteiger partial charge in [-0.2, -0.15) is 5.26 Å². The number of hydrogen-bond acceptors (Lipinski definition) is 4. The SMILES string of the molecule is N#Cc1cccc(NC(COCc2ccccc2)c2ccccc2)n1. The van der Waals surface area contributed by atoms with Gasteiger partial charge in [-0.25, -0.2) is 4.98 Å².